The Hall–Kier alpha value is -2.94. The van der Waals surface area contributed by atoms with Gasteiger partial charge in [0, 0.05) is 37.0 Å². The van der Waals surface area contributed by atoms with Crippen LogP contribution < -0.4 is 10.9 Å². The second kappa shape index (κ2) is 9.68. The Balaban J connectivity index is 1.65. The van der Waals surface area contributed by atoms with Crippen molar-refractivity contribution in [2.75, 3.05) is 13.1 Å². The number of carbonyl (C=O) groups excluding carboxylic acids is 2. The van der Waals surface area contributed by atoms with E-state index in [0.29, 0.717) is 37.4 Å². The fraction of sp³-hybridized carbons (Fsp3) is 0.500. The largest absolute Gasteiger partial charge is 0.444 e. The molecule has 1 saturated heterocycles. The molecule has 9 nitrogen and oxygen atoms in total. The lowest BCUT2D eigenvalue weighted by atomic mass is 9.92. The number of piperidine rings is 1. The van der Waals surface area contributed by atoms with Crippen LogP contribution in [0.5, 0.6) is 0 Å². The number of hydrogen-bond donors (Lipinski definition) is 2. The van der Waals surface area contributed by atoms with Gasteiger partial charge in [-0.05, 0) is 52.7 Å². The smallest absolute Gasteiger partial charge is 0.408 e. The molecule has 3 rings (SSSR count). The minimum Gasteiger partial charge on any atom is -0.444 e. The highest BCUT2D eigenvalue weighted by atomic mass is 35.5. The van der Waals surface area contributed by atoms with Crippen LogP contribution in [-0.4, -0.2) is 56.6 Å². The third-order valence-electron chi connectivity index (χ3n) is 5.14. The monoisotopic (exact) mass is 461 g/mol. The summed E-state index contributed by atoms with van der Waals surface area (Å²) in [5.41, 5.74) is 0.246. The van der Waals surface area contributed by atoms with Crippen LogP contribution >= 0.6 is 11.6 Å². The minimum absolute atomic E-state index is 0.0523. The number of likely N-dealkylation sites (tertiary alicyclic amines) is 1. The van der Waals surface area contributed by atoms with Crippen molar-refractivity contribution in [2.45, 2.75) is 58.1 Å². The molecule has 10 heteroatoms. The first-order chi connectivity index (χ1) is 15.0. The number of ether oxygens (including phenoxy) is 1. The molecule has 2 amide bonds. The summed E-state index contributed by atoms with van der Waals surface area (Å²) in [4.78, 5) is 50.1. The van der Waals surface area contributed by atoms with Crippen molar-refractivity contribution in [3.8, 4) is 11.4 Å². The number of hydrogen-bond acceptors (Lipinski definition) is 6. The van der Waals surface area contributed by atoms with Gasteiger partial charge in [0.15, 0.2) is 0 Å². The van der Waals surface area contributed by atoms with E-state index in [-0.39, 0.29) is 16.8 Å². The number of carbonyl (C=O) groups is 2. The van der Waals surface area contributed by atoms with Crippen molar-refractivity contribution in [3.63, 3.8) is 0 Å². The highest BCUT2D eigenvalue weighted by Crippen LogP contribution is 2.31. The van der Waals surface area contributed by atoms with E-state index >= 15 is 0 Å². The zero-order chi connectivity index (χ0) is 23.5. The molecule has 2 aromatic rings. The Morgan fingerprint density at radius 2 is 1.88 bits per heavy atom. The predicted molar refractivity (Wildman–Crippen MR) is 120 cm³/mol. The van der Waals surface area contributed by atoms with Crippen LogP contribution in [0.25, 0.3) is 11.4 Å². The number of rotatable bonds is 4. The zero-order valence-corrected chi connectivity index (χ0v) is 19.4. The maximum Gasteiger partial charge on any atom is 0.408 e. The molecule has 1 fully saturated rings. The first-order valence-corrected chi connectivity index (χ1v) is 10.9. The molecule has 2 aromatic heterocycles. The second-order valence-electron chi connectivity index (χ2n) is 8.82. The fourth-order valence-electron chi connectivity index (χ4n) is 3.59. The number of pyridine rings is 1. The molecule has 32 heavy (non-hydrogen) atoms. The molecule has 1 aliphatic rings. The van der Waals surface area contributed by atoms with Crippen LogP contribution in [0.3, 0.4) is 0 Å². The van der Waals surface area contributed by atoms with Gasteiger partial charge in [0.05, 0.1) is 5.69 Å². The Morgan fingerprint density at radius 1 is 1.25 bits per heavy atom. The molecule has 0 aromatic carbocycles. The molecule has 3 heterocycles. The van der Waals surface area contributed by atoms with Crippen molar-refractivity contribution in [2.24, 2.45) is 0 Å². The van der Waals surface area contributed by atoms with Crippen molar-refractivity contribution in [3.05, 3.63) is 45.6 Å². The number of aromatic nitrogens is 3. The Morgan fingerprint density at radius 3 is 2.47 bits per heavy atom. The van der Waals surface area contributed by atoms with Crippen molar-refractivity contribution >= 4 is 23.6 Å². The Labute approximate surface area is 191 Å². The van der Waals surface area contributed by atoms with Crippen molar-refractivity contribution in [1.82, 2.24) is 25.2 Å². The average Bonchev–Trinajstić information content (AvgIpc) is 2.74. The van der Waals surface area contributed by atoms with E-state index in [0.717, 1.165) is 5.56 Å². The van der Waals surface area contributed by atoms with Crippen LogP contribution in [-0.2, 0) is 9.53 Å². The van der Waals surface area contributed by atoms with Crippen molar-refractivity contribution in [1.29, 1.82) is 0 Å². The third-order valence-corrected chi connectivity index (χ3v) is 5.50. The molecular formula is C22H28ClN5O4. The van der Waals surface area contributed by atoms with Crippen LogP contribution in [0.2, 0.25) is 5.02 Å². The summed E-state index contributed by atoms with van der Waals surface area (Å²) in [5.74, 6) is 0.200. The number of halogens is 1. The molecule has 1 aliphatic heterocycles. The van der Waals surface area contributed by atoms with E-state index in [1.165, 1.54) is 0 Å². The lowest BCUT2D eigenvalue weighted by Gasteiger charge is -2.33. The second-order valence-corrected chi connectivity index (χ2v) is 9.20. The summed E-state index contributed by atoms with van der Waals surface area (Å²) >= 11 is 6.28. The number of aromatic amines is 1. The Kier molecular flexibility index (Phi) is 7.18. The lowest BCUT2D eigenvalue weighted by Crippen LogP contribution is -2.50. The van der Waals surface area contributed by atoms with Crippen LogP contribution in [0.4, 0.5) is 4.79 Å². The molecule has 1 atom stereocenters. The number of nitrogens with one attached hydrogen (secondary N) is 2. The third kappa shape index (κ3) is 5.85. The van der Waals surface area contributed by atoms with Gasteiger partial charge in [-0.1, -0.05) is 11.6 Å². The van der Waals surface area contributed by atoms with E-state index in [4.69, 9.17) is 16.3 Å². The number of H-pyrrole nitrogens is 1. The van der Waals surface area contributed by atoms with Gasteiger partial charge in [0.1, 0.15) is 22.5 Å². The van der Waals surface area contributed by atoms with Gasteiger partial charge in [-0.3, -0.25) is 14.6 Å². The summed E-state index contributed by atoms with van der Waals surface area (Å²) < 4.78 is 5.21. The van der Waals surface area contributed by atoms with E-state index in [1.54, 1.807) is 57.1 Å². The summed E-state index contributed by atoms with van der Waals surface area (Å²) in [7, 11) is 0. The quantitative estimate of drug-likeness (QED) is 0.722. The molecule has 172 valence electrons. The van der Waals surface area contributed by atoms with Gasteiger partial charge < -0.3 is 19.9 Å². The summed E-state index contributed by atoms with van der Waals surface area (Å²) in [6, 6.07) is 2.81. The van der Waals surface area contributed by atoms with E-state index in [1.807, 2.05) is 0 Å². The minimum atomic E-state index is -0.707. The molecule has 0 aliphatic carbocycles. The summed E-state index contributed by atoms with van der Waals surface area (Å²) in [6.07, 6.45) is 3.84. The van der Waals surface area contributed by atoms with Crippen LogP contribution in [0.1, 0.15) is 52.1 Å². The normalized spacial score (nSPS) is 15.8. The van der Waals surface area contributed by atoms with Gasteiger partial charge in [0.2, 0.25) is 5.91 Å². The van der Waals surface area contributed by atoms with E-state index in [9.17, 15) is 14.4 Å². The molecule has 2 N–H and O–H groups in total. The standard InChI is InChI=1S/C22H28ClN5O4/c1-13(25-21(31)32-22(2,3)4)20(30)28-11-7-14(8-12-28)17-16(23)19(29)27-18(26-17)15-5-9-24-10-6-15/h5-6,9-10,13-14H,7-8,11-12H2,1-4H3,(H,25,31)(H,26,27,29)/t13-/m0/s1. The van der Waals surface area contributed by atoms with E-state index < -0.39 is 23.3 Å². The fourth-order valence-corrected chi connectivity index (χ4v) is 3.83. The molecular weight excluding hydrogens is 434 g/mol. The van der Waals surface area contributed by atoms with Gasteiger partial charge in [-0.25, -0.2) is 9.78 Å². The number of amides is 2. The van der Waals surface area contributed by atoms with Gasteiger partial charge in [0.25, 0.3) is 5.56 Å². The SMILES string of the molecule is C[C@H](NC(=O)OC(C)(C)C)C(=O)N1CCC(c2nc(-c3ccncc3)[nH]c(=O)c2Cl)CC1. The maximum absolute atomic E-state index is 12.8. The summed E-state index contributed by atoms with van der Waals surface area (Å²) in [5, 5.41) is 2.66. The highest BCUT2D eigenvalue weighted by Gasteiger charge is 2.30. The molecule has 0 radical (unpaired) electrons. The topological polar surface area (TPSA) is 117 Å². The average molecular weight is 462 g/mol. The van der Waals surface area contributed by atoms with Crippen LogP contribution in [0.15, 0.2) is 29.3 Å². The van der Waals surface area contributed by atoms with Crippen LogP contribution in [0, 0.1) is 0 Å². The first-order valence-electron chi connectivity index (χ1n) is 10.5. The predicted octanol–water partition coefficient (Wildman–Crippen LogP) is 3.10. The Bertz CT molecular complexity index is 1030. The molecule has 0 unspecified atom stereocenters. The maximum atomic E-state index is 12.8. The number of alkyl carbamates (subject to hydrolysis) is 1. The highest BCUT2D eigenvalue weighted by molar-refractivity contribution is 6.31. The molecule has 0 spiro atoms. The van der Waals surface area contributed by atoms with Gasteiger partial charge in [-0.2, -0.15) is 0 Å². The lowest BCUT2D eigenvalue weighted by molar-refractivity contribution is -0.134. The van der Waals surface area contributed by atoms with E-state index in [2.05, 4.69) is 20.3 Å². The zero-order valence-electron chi connectivity index (χ0n) is 18.6. The number of nitrogens with zero attached hydrogens (tertiary/aromatic N) is 3. The summed E-state index contributed by atoms with van der Waals surface area (Å²) in [6.45, 7) is 7.86. The van der Waals surface area contributed by atoms with Gasteiger partial charge >= 0.3 is 6.09 Å². The van der Waals surface area contributed by atoms with Crippen molar-refractivity contribution < 1.29 is 14.3 Å². The molecule has 0 saturated carbocycles. The van der Waals surface area contributed by atoms with Gasteiger partial charge in [-0.15, -0.1) is 0 Å². The molecule has 0 bridgehead atoms. The first kappa shape index (κ1) is 23.7.